The average molecular weight is 416 g/mol. The number of nitrogens with one attached hydrogen (secondary N) is 1. The van der Waals surface area contributed by atoms with Crippen molar-refractivity contribution in [2.24, 2.45) is 4.99 Å². The SMILES string of the molecule is O=C(Nc1ccc(Cl)nc1)c1cccc2c1N=C(c1cccc(C(F)(F)F)c1)C2. The van der Waals surface area contributed by atoms with Gasteiger partial charge in [-0.1, -0.05) is 35.9 Å². The molecule has 0 unspecified atom stereocenters. The van der Waals surface area contributed by atoms with E-state index in [0.717, 1.165) is 17.7 Å². The first-order valence-electron chi connectivity index (χ1n) is 8.61. The summed E-state index contributed by atoms with van der Waals surface area (Å²) in [6, 6.07) is 13.3. The minimum absolute atomic E-state index is 0.305. The number of carbonyl (C=O) groups is 1. The number of hydrogen-bond donors (Lipinski definition) is 1. The summed E-state index contributed by atoms with van der Waals surface area (Å²) in [5, 5.41) is 3.03. The van der Waals surface area contributed by atoms with Crippen molar-refractivity contribution in [2.45, 2.75) is 12.6 Å². The van der Waals surface area contributed by atoms with Crippen molar-refractivity contribution in [3.63, 3.8) is 0 Å². The van der Waals surface area contributed by atoms with Gasteiger partial charge in [0.05, 0.1) is 34.4 Å². The van der Waals surface area contributed by atoms with Gasteiger partial charge >= 0.3 is 6.18 Å². The second kappa shape index (κ2) is 7.33. The quantitative estimate of drug-likeness (QED) is 0.559. The smallest absolute Gasteiger partial charge is 0.321 e. The average Bonchev–Trinajstić information content (AvgIpc) is 3.13. The largest absolute Gasteiger partial charge is 0.416 e. The minimum atomic E-state index is -4.43. The van der Waals surface area contributed by atoms with Gasteiger partial charge in [-0.15, -0.1) is 0 Å². The second-order valence-corrected chi connectivity index (χ2v) is 6.84. The van der Waals surface area contributed by atoms with Crippen LogP contribution in [0.1, 0.15) is 27.0 Å². The molecule has 4 nitrogen and oxygen atoms in total. The van der Waals surface area contributed by atoms with Crippen molar-refractivity contribution in [1.29, 1.82) is 0 Å². The van der Waals surface area contributed by atoms with Gasteiger partial charge in [0.1, 0.15) is 5.15 Å². The normalized spacial score (nSPS) is 13.0. The lowest BCUT2D eigenvalue weighted by atomic mass is 10.0. The van der Waals surface area contributed by atoms with Crippen LogP contribution in [-0.2, 0) is 12.6 Å². The zero-order chi connectivity index (χ0) is 20.6. The molecule has 0 saturated carbocycles. The summed E-state index contributed by atoms with van der Waals surface area (Å²) in [6.45, 7) is 0. The number of aromatic nitrogens is 1. The van der Waals surface area contributed by atoms with Gasteiger partial charge in [0.2, 0.25) is 0 Å². The van der Waals surface area contributed by atoms with E-state index < -0.39 is 11.7 Å². The Balaban J connectivity index is 1.64. The van der Waals surface area contributed by atoms with Crippen LogP contribution in [-0.4, -0.2) is 16.6 Å². The molecule has 0 radical (unpaired) electrons. The molecule has 0 fully saturated rings. The highest BCUT2D eigenvalue weighted by molar-refractivity contribution is 6.29. The molecule has 146 valence electrons. The number of nitrogens with zero attached hydrogens (tertiary/aromatic N) is 2. The van der Waals surface area contributed by atoms with E-state index in [1.165, 1.54) is 12.3 Å². The number of rotatable bonds is 3. The Morgan fingerprint density at radius 1 is 1.07 bits per heavy atom. The zero-order valence-corrected chi connectivity index (χ0v) is 15.6. The lowest BCUT2D eigenvalue weighted by Crippen LogP contribution is -2.12. The van der Waals surface area contributed by atoms with Crippen LogP contribution in [0.15, 0.2) is 65.8 Å². The van der Waals surface area contributed by atoms with E-state index >= 15 is 0 Å². The number of aliphatic imine (C=N–C) groups is 1. The van der Waals surface area contributed by atoms with E-state index in [4.69, 9.17) is 11.6 Å². The summed E-state index contributed by atoms with van der Waals surface area (Å²) < 4.78 is 39.0. The minimum Gasteiger partial charge on any atom is -0.321 e. The molecule has 0 aliphatic carbocycles. The number of amides is 1. The molecule has 0 saturated heterocycles. The van der Waals surface area contributed by atoms with Gasteiger partial charge in [-0.3, -0.25) is 9.79 Å². The number of alkyl halides is 3. The van der Waals surface area contributed by atoms with E-state index in [2.05, 4.69) is 15.3 Å². The van der Waals surface area contributed by atoms with Gasteiger partial charge in [0, 0.05) is 6.42 Å². The van der Waals surface area contributed by atoms with Crippen LogP contribution in [0.2, 0.25) is 5.15 Å². The summed E-state index contributed by atoms with van der Waals surface area (Å²) in [5.74, 6) is -0.389. The topological polar surface area (TPSA) is 54.4 Å². The lowest BCUT2D eigenvalue weighted by Gasteiger charge is -2.08. The fourth-order valence-electron chi connectivity index (χ4n) is 3.09. The highest BCUT2D eigenvalue weighted by atomic mass is 35.5. The van der Waals surface area contributed by atoms with Crippen LogP contribution in [0.4, 0.5) is 24.5 Å². The van der Waals surface area contributed by atoms with E-state index in [-0.39, 0.29) is 5.91 Å². The van der Waals surface area contributed by atoms with Crippen molar-refractivity contribution < 1.29 is 18.0 Å². The summed E-state index contributed by atoms with van der Waals surface area (Å²) in [5.41, 5.74) is 2.17. The van der Waals surface area contributed by atoms with Crippen molar-refractivity contribution in [1.82, 2.24) is 4.98 Å². The van der Waals surface area contributed by atoms with Gasteiger partial charge < -0.3 is 5.32 Å². The summed E-state index contributed by atoms with van der Waals surface area (Å²) in [6.07, 6.45) is -2.65. The van der Waals surface area contributed by atoms with Crippen molar-refractivity contribution in [2.75, 3.05) is 5.32 Å². The highest BCUT2D eigenvalue weighted by Gasteiger charge is 2.31. The molecule has 0 atom stereocenters. The number of pyridine rings is 1. The molecule has 1 N–H and O–H groups in total. The number of halogens is 4. The maximum atomic E-state index is 13.0. The Morgan fingerprint density at radius 3 is 2.59 bits per heavy atom. The number of anilines is 1. The molecule has 1 aromatic heterocycles. The molecule has 1 amide bonds. The molecule has 3 aromatic rings. The molecular formula is C21H13ClF3N3O. The molecule has 1 aliphatic rings. The number of carbonyl (C=O) groups excluding carboxylic acids is 1. The fraction of sp³-hybridized carbons (Fsp3) is 0.0952. The van der Waals surface area contributed by atoms with Gasteiger partial charge in [-0.25, -0.2) is 4.98 Å². The Kier molecular flexibility index (Phi) is 4.84. The highest BCUT2D eigenvalue weighted by Crippen LogP contribution is 2.35. The Hall–Kier alpha value is -3.19. The van der Waals surface area contributed by atoms with Gasteiger partial charge in [0.25, 0.3) is 5.91 Å². The maximum Gasteiger partial charge on any atom is 0.416 e. The molecule has 2 aromatic carbocycles. The maximum absolute atomic E-state index is 13.0. The van der Waals surface area contributed by atoms with Crippen LogP contribution in [0.3, 0.4) is 0 Å². The van der Waals surface area contributed by atoms with E-state index in [0.29, 0.717) is 39.8 Å². The van der Waals surface area contributed by atoms with Crippen LogP contribution in [0, 0.1) is 0 Å². The number of para-hydroxylation sites is 1. The van der Waals surface area contributed by atoms with E-state index in [1.807, 2.05) is 0 Å². The second-order valence-electron chi connectivity index (χ2n) is 6.45. The predicted octanol–water partition coefficient (Wildman–Crippen LogP) is 5.68. The van der Waals surface area contributed by atoms with Gasteiger partial charge in [0.15, 0.2) is 0 Å². The summed E-state index contributed by atoms with van der Waals surface area (Å²) >= 11 is 5.74. The zero-order valence-electron chi connectivity index (χ0n) is 14.8. The lowest BCUT2D eigenvalue weighted by molar-refractivity contribution is -0.137. The standard InChI is InChI=1S/C21H13ClF3N3O/c22-18-8-7-15(11-26-18)27-20(29)16-6-2-4-13-10-17(28-19(13)16)12-3-1-5-14(9-12)21(23,24)25/h1-9,11H,10H2,(H,27,29). The van der Waals surface area contributed by atoms with Crippen LogP contribution < -0.4 is 5.32 Å². The summed E-state index contributed by atoms with van der Waals surface area (Å²) in [7, 11) is 0. The van der Waals surface area contributed by atoms with Crippen molar-refractivity contribution in [3.05, 3.63) is 88.2 Å². The molecular weight excluding hydrogens is 403 g/mol. The molecule has 2 heterocycles. The third-order valence-electron chi connectivity index (χ3n) is 4.48. The predicted molar refractivity (Wildman–Crippen MR) is 105 cm³/mol. The number of hydrogen-bond acceptors (Lipinski definition) is 3. The van der Waals surface area contributed by atoms with Crippen molar-refractivity contribution in [3.8, 4) is 0 Å². The van der Waals surface area contributed by atoms with Crippen LogP contribution >= 0.6 is 11.6 Å². The number of fused-ring (bicyclic) bond motifs is 1. The first-order chi connectivity index (χ1) is 13.8. The number of benzene rings is 2. The first-order valence-corrected chi connectivity index (χ1v) is 8.99. The molecule has 0 spiro atoms. The van der Waals surface area contributed by atoms with E-state index in [9.17, 15) is 18.0 Å². The molecule has 4 rings (SSSR count). The molecule has 1 aliphatic heterocycles. The Bertz CT molecular complexity index is 1120. The fourth-order valence-corrected chi connectivity index (χ4v) is 3.21. The third kappa shape index (κ3) is 4.00. The summed E-state index contributed by atoms with van der Waals surface area (Å²) in [4.78, 5) is 21.1. The Morgan fingerprint density at radius 2 is 1.86 bits per heavy atom. The molecule has 0 bridgehead atoms. The molecule has 8 heteroatoms. The van der Waals surface area contributed by atoms with E-state index in [1.54, 1.807) is 36.4 Å². The third-order valence-corrected chi connectivity index (χ3v) is 4.70. The molecule has 29 heavy (non-hydrogen) atoms. The van der Waals surface area contributed by atoms with Gasteiger partial charge in [-0.05, 0) is 41.5 Å². The Labute approximate surface area is 169 Å². The monoisotopic (exact) mass is 415 g/mol. The van der Waals surface area contributed by atoms with Gasteiger partial charge in [-0.2, -0.15) is 13.2 Å². The first kappa shape index (κ1) is 19.1. The van der Waals surface area contributed by atoms with Crippen molar-refractivity contribution >= 4 is 34.6 Å². The van der Waals surface area contributed by atoms with Crippen LogP contribution in [0.25, 0.3) is 0 Å². The van der Waals surface area contributed by atoms with Crippen LogP contribution in [0.5, 0.6) is 0 Å².